The quantitative estimate of drug-likeness (QED) is 0.789. The minimum atomic E-state index is -0.365. The fourth-order valence-electron chi connectivity index (χ4n) is 2.50. The lowest BCUT2D eigenvalue weighted by Gasteiger charge is -2.21. The van der Waals surface area contributed by atoms with Crippen LogP contribution in [0.1, 0.15) is 31.1 Å². The van der Waals surface area contributed by atoms with Crippen molar-refractivity contribution < 1.29 is 14.3 Å². The van der Waals surface area contributed by atoms with E-state index in [9.17, 15) is 9.59 Å². The topological polar surface area (TPSA) is 71.2 Å². The van der Waals surface area contributed by atoms with Crippen LogP contribution in [-0.4, -0.2) is 30.4 Å². The van der Waals surface area contributed by atoms with E-state index in [4.69, 9.17) is 4.74 Å². The Morgan fingerprint density at radius 2 is 1.90 bits per heavy atom. The van der Waals surface area contributed by atoms with Crippen molar-refractivity contribution in [3.05, 3.63) is 35.5 Å². The van der Waals surface area contributed by atoms with Crippen LogP contribution < -0.4 is 5.32 Å². The van der Waals surface area contributed by atoms with Gasteiger partial charge in [-0.05, 0) is 31.9 Å². The van der Waals surface area contributed by atoms with Gasteiger partial charge in [0.05, 0.1) is 7.11 Å². The number of para-hydroxylation sites is 1. The van der Waals surface area contributed by atoms with Crippen molar-refractivity contribution in [1.29, 1.82) is 0 Å². The first-order valence-corrected chi connectivity index (χ1v) is 6.92. The molecular formula is C16H20N2O3. The van der Waals surface area contributed by atoms with E-state index in [1.165, 1.54) is 31.9 Å². The fourth-order valence-corrected chi connectivity index (χ4v) is 2.50. The highest BCUT2D eigenvalue weighted by Crippen LogP contribution is 2.30. The minimum Gasteiger partial charge on any atom is -0.468 e. The van der Waals surface area contributed by atoms with Gasteiger partial charge in [-0.25, -0.2) is 4.79 Å². The molecule has 1 atom stereocenters. The molecule has 1 unspecified atom stereocenters. The SMILES string of the molecule is CC(C)=O.COC(=O)C1NCCc2c1[nH]c1ccccc21. The summed E-state index contributed by atoms with van der Waals surface area (Å²) in [5.41, 5.74) is 3.26. The van der Waals surface area contributed by atoms with E-state index >= 15 is 0 Å². The van der Waals surface area contributed by atoms with Gasteiger partial charge in [0.1, 0.15) is 11.8 Å². The van der Waals surface area contributed by atoms with Crippen LogP contribution in [0.5, 0.6) is 0 Å². The zero-order valence-corrected chi connectivity index (χ0v) is 12.5. The molecule has 0 aliphatic carbocycles. The number of rotatable bonds is 1. The zero-order chi connectivity index (χ0) is 15.4. The first-order valence-electron chi connectivity index (χ1n) is 6.92. The number of hydrogen-bond acceptors (Lipinski definition) is 4. The third-order valence-corrected chi connectivity index (χ3v) is 3.30. The maximum atomic E-state index is 11.7. The third kappa shape index (κ3) is 3.31. The van der Waals surface area contributed by atoms with Crippen LogP contribution in [0.4, 0.5) is 0 Å². The van der Waals surface area contributed by atoms with Gasteiger partial charge in [-0.2, -0.15) is 0 Å². The molecule has 5 nitrogen and oxygen atoms in total. The maximum absolute atomic E-state index is 11.7. The molecule has 2 N–H and O–H groups in total. The molecule has 0 spiro atoms. The second-order valence-corrected chi connectivity index (χ2v) is 5.13. The predicted octanol–water partition coefficient (Wildman–Crippen LogP) is 2.12. The minimum absolute atomic E-state index is 0.167. The van der Waals surface area contributed by atoms with Crippen LogP contribution in [-0.2, 0) is 20.7 Å². The summed E-state index contributed by atoms with van der Waals surface area (Å²) >= 11 is 0. The van der Waals surface area contributed by atoms with E-state index in [1.54, 1.807) is 0 Å². The number of nitrogens with one attached hydrogen (secondary N) is 2. The van der Waals surface area contributed by atoms with Crippen LogP contribution in [0.25, 0.3) is 10.9 Å². The summed E-state index contributed by atoms with van der Waals surface area (Å²) < 4.78 is 4.82. The van der Waals surface area contributed by atoms with Gasteiger partial charge < -0.3 is 14.5 Å². The van der Waals surface area contributed by atoms with E-state index in [1.807, 2.05) is 18.2 Å². The smallest absolute Gasteiger partial charge is 0.329 e. The molecule has 1 aliphatic rings. The van der Waals surface area contributed by atoms with Gasteiger partial charge in [0.2, 0.25) is 0 Å². The lowest BCUT2D eigenvalue weighted by atomic mass is 9.99. The number of H-pyrrole nitrogens is 1. The van der Waals surface area contributed by atoms with Crippen LogP contribution in [0.2, 0.25) is 0 Å². The van der Waals surface area contributed by atoms with E-state index in [2.05, 4.69) is 16.4 Å². The number of hydrogen-bond donors (Lipinski definition) is 2. The second kappa shape index (κ2) is 6.54. The van der Waals surface area contributed by atoms with Crippen molar-refractivity contribution >= 4 is 22.7 Å². The molecule has 3 rings (SSSR count). The summed E-state index contributed by atoms with van der Waals surface area (Å²) in [6.07, 6.45) is 0.937. The molecule has 0 saturated heterocycles. The number of aromatic nitrogens is 1. The van der Waals surface area contributed by atoms with Crippen molar-refractivity contribution in [2.75, 3.05) is 13.7 Å². The molecule has 1 aromatic carbocycles. The fraction of sp³-hybridized carbons (Fsp3) is 0.375. The number of Topliss-reactive ketones (excluding diaryl/α,β-unsaturated/α-hetero) is 1. The van der Waals surface area contributed by atoms with Crippen molar-refractivity contribution in [3.63, 3.8) is 0 Å². The Hall–Kier alpha value is -2.14. The summed E-state index contributed by atoms with van der Waals surface area (Å²) in [5, 5.41) is 4.39. The van der Waals surface area contributed by atoms with E-state index < -0.39 is 0 Å². The Morgan fingerprint density at radius 3 is 2.57 bits per heavy atom. The molecular weight excluding hydrogens is 268 g/mol. The van der Waals surface area contributed by atoms with Crippen LogP contribution >= 0.6 is 0 Å². The van der Waals surface area contributed by atoms with Crippen LogP contribution in [0.15, 0.2) is 24.3 Å². The first-order chi connectivity index (χ1) is 10.0. The lowest BCUT2D eigenvalue weighted by Crippen LogP contribution is -2.35. The molecule has 0 fully saturated rings. The number of ether oxygens (including phenoxy) is 1. The number of methoxy groups -OCH3 is 1. The average molecular weight is 288 g/mol. The number of esters is 1. The normalized spacial score (nSPS) is 16.6. The van der Waals surface area contributed by atoms with Gasteiger partial charge in [-0.3, -0.25) is 5.32 Å². The lowest BCUT2D eigenvalue weighted by molar-refractivity contribution is -0.143. The average Bonchev–Trinajstić information content (AvgIpc) is 2.84. The standard InChI is InChI=1S/C13H14N2O2.C3H6O/c1-17-13(16)12-11-9(6-7-14-12)8-4-2-3-5-10(8)15-11;1-3(2)4/h2-5,12,14-15H,6-7H2,1H3;1-2H3. The number of carbonyl (C=O) groups excluding carboxylic acids is 2. The molecule has 0 saturated carbocycles. The summed E-state index contributed by atoms with van der Waals surface area (Å²) in [5.74, 6) is -0.0718. The molecule has 21 heavy (non-hydrogen) atoms. The summed E-state index contributed by atoms with van der Waals surface area (Å²) in [6.45, 7) is 3.86. The largest absolute Gasteiger partial charge is 0.468 e. The van der Waals surface area contributed by atoms with Gasteiger partial charge in [0.25, 0.3) is 0 Å². The molecule has 2 heterocycles. The molecule has 0 radical (unpaired) electrons. The van der Waals surface area contributed by atoms with Crippen LogP contribution in [0, 0.1) is 0 Å². The summed E-state index contributed by atoms with van der Waals surface area (Å²) in [4.78, 5) is 24.5. The van der Waals surface area contributed by atoms with Crippen molar-refractivity contribution in [2.45, 2.75) is 26.3 Å². The number of ketones is 1. The van der Waals surface area contributed by atoms with E-state index in [-0.39, 0.29) is 17.8 Å². The third-order valence-electron chi connectivity index (χ3n) is 3.30. The molecule has 112 valence electrons. The van der Waals surface area contributed by atoms with Crippen molar-refractivity contribution in [3.8, 4) is 0 Å². The van der Waals surface area contributed by atoms with Gasteiger partial charge in [-0.1, -0.05) is 18.2 Å². The monoisotopic (exact) mass is 288 g/mol. The Morgan fingerprint density at radius 1 is 1.24 bits per heavy atom. The van der Waals surface area contributed by atoms with Gasteiger partial charge in [0, 0.05) is 23.1 Å². The number of aromatic amines is 1. The predicted molar refractivity (Wildman–Crippen MR) is 81.1 cm³/mol. The number of benzene rings is 1. The van der Waals surface area contributed by atoms with Crippen molar-refractivity contribution in [2.24, 2.45) is 0 Å². The number of carbonyl (C=O) groups is 2. The molecule has 2 aromatic rings. The highest BCUT2D eigenvalue weighted by atomic mass is 16.5. The van der Waals surface area contributed by atoms with E-state index in [0.29, 0.717) is 0 Å². The summed E-state index contributed by atoms with van der Waals surface area (Å²) in [7, 11) is 1.42. The Balaban J connectivity index is 0.000000361. The Labute approximate surface area is 123 Å². The molecule has 5 heteroatoms. The maximum Gasteiger partial charge on any atom is 0.329 e. The highest BCUT2D eigenvalue weighted by molar-refractivity contribution is 5.88. The van der Waals surface area contributed by atoms with Gasteiger partial charge >= 0.3 is 5.97 Å². The van der Waals surface area contributed by atoms with E-state index in [0.717, 1.165) is 24.2 Å². The van der Waals surface area contributed by atoms with Gasteiger partial charge in [0.15, 0.2) is 0 Å². The summed E-state index contributed by atoms with van der Waals surface area (Å²) in [6, 6.07) is 7.76. The number of fused-ring (bicyclic) bond motifs is 3. The Kier molecular flexibility index (Phi) is 4.75. The second-order valence-electron chi connectivity index (χ2n) is 5.13. The van der Waals surface area contributed by atoms with Crippen molar-refractivity contribution in [1.82, 2.24) is 10.3 Å². The van der Waals surface area contributed by atoms with Crippen LogP contribution in [0.3, 0.4) is 0 Å². The first kappa shape index (κ1) is 15.3. The molecule has 0 bridgehead atoms. The molecule has 0 amide bonds. The molecule has 1 aliphatic heterocycles. The highest BCUT2D eigenvalue weighted by Gasteiger charge is 2.29. The molecule has 1 aromatic heterocycles. The Bertz CT molecular complexity index is 657. The zero-order valence-electron chi connectivity index (χ0n) is 12.5. The van der Waals surface area contributed by atoms with Gasteiger partial charge in [-0.15, -0.1) is 0 Å².